The van der Waals surface area contributed by atoms with Gasteiger partial charge in [0.1, 0.15) is 18.2 Å². The van der Waals surface area contributed by atoms with Crippen molar-refractivity contribution in [2.75, 3.05) is 18.1 Å². The zero-order chi connectivity index (χ0) is 30.1. The molecule has 2 saturated heterocycles. The lowest BCUT2D eigenvalue weighted by molar-refractivity contribution is -0.136. The number of anilines is 1. The third-order valence-electron chi connectivity index (χ3n) is 8.70. The Morgan fingerprint density at radius 2 is 1.71 bits per heavy atom. The third-order valence-corrected chi connectivity index (χ3v) is 10.1. The number of hydrogen-bond donors (Lipinski definition) is 2. The topological polar surface area (TPSA) is 147 Å². The van der Waals surface area contributed by atoms with Gasteiger partial charge in [0.2, 0.25) is 11.8 Å². The lowest BCUT2D eigenvalue weighted by Crippen LogP contribution is -2.60. The standard InChI is InChI=1S/C29H24Cl2FN3O7/c30-28-13-19-16(9-10-18-21(19)24(38)35(23(18)37)27(33)41)22(17-3-1-2-4-20(17)42-12-11-36)29(28,31)26(40)34(25(28)39)15-7-5-14(32)6-8-15/h1-9,18-19,21-22,36H,10-13H2,(H2,33,41)/t18-,19+,21-,22+,28+,29-/m0/s1. The Hall–Kier alpha value is -3.80. The molecular weight excluding hydrogens is 592 g/mol. The number of para-hydroxylation sites is 1. The van der Waals surface area contributed by atoms with Gasteiger partial charge in [0, 0.05) is 11.5 Å². The van der Waals surface area contributed by atoms with Gasteiger partial charge < -0.3 is 15.6 Å². The molecule has 2 aromatic rings. The average molecular weight is 616 g/mol. The monoisotopic (exact) mass is 615 g/mol. The minimum Gasteiger partial charge on any atom is -0.491 e. The van der Waals surface area contributed by atoms with Crippen molar-refractivity contribution < 1.29 is 38.2 Å². The molecule has 3 N–H and O–H groups in total. The maximum Gasteiger partial charge on any atom is 0.328 e. The Kier molecular flexibility index (Phi) is 6.67. The van der Waals surface area contributed by atoms with Crippen LogP contribution < -0.4 is 15.4 Å². The van der Waals surface area contributed by atoms with E-state index in [4.69, 9.17) is 33.7 Å². The summed E-state index contributed by atoms with van der Waals surface area (Å²) in [5.41, 5.74) is 6.26. The molecule has 6 amide bonds. The van der Waals surface area contributed by atoms with Gasteiger partial charge in [0.05, 0.1) is 24.1 Å². The minimum atomic E-state index is -2.15. The summed E-state index contributed by atoms with van der Waals surface area (Å²) in [7, 11) is 0. The Balaban J connectivity index is 1.57. The van der Waals surface area contributed by atoms with Crippen molar-refractivity contribution in [1.29, 1.82) is 0 Å². The van der Waals surface area contributed by atoms with Gasteiger partial charge in [-0.3, -0.25) is 19.2 Å². The Morgan fingerprint density at radius 1 is 1.02 bits per heavy atom. The van der Waals surface area contributed by atoms with E-state index in [-0.39, 0.29) is 37.5 Å². The number of allylic oxidation sites excluding steroid dienone is 2. The molecule has 2 aliphatic heterocycles. The highest BCUT2D eigenvalue weighted by atomic mass is 35.5. The molecule has 10 nitrogen and oxygen atoms in total. The molecule has 13 heteroatoms. The van der Waals surface area contributed by atoms with Gasteiger partial charge in [-0.2, -0.15) is 4.90 Å². The number of benzene rings is 2. The molecule has 2 heterocycles. The number of alkyl halides is 2. The third kappa shape index (κ3) is 3.69. The maximum atomic E-state index is 14.3. The van der Waals surface area contributed by atoms with E-state index in [9.17, 15) is 33.5 Å². The summed E-state index contributed by atoms with van der Waals surface area (Å²) in [5.74, 6) is -7.65. The van der Waals surface area contributed by atoms with Crippen LogP contribution in [0.25, 0.3) is 0 Å². The summed E-state index contributed by atoms with van der Waals surface area (Å²) in [6.45, 7) is -0.401. The van der Waals surface area contributed by atoms with Gasteiger partial charge in [0.15, 0.2) is 9.75 Å². The summed E-state index contributed by atoms with van der Waals surface area (Å²) in [6, 6.07) is 10.1. The molecule has 6 atom stereocenters. The van der Waals surface area contributed by atoms with Gasteiger partial charge in [0.25, 0.3) is 11.8 Å². The van der Waals surface area contributed by atoms with Crippen LogP contribution in [0.15, 0.2) is 60.2 Å². The first-order valence-electron chi connectivity index (χ1n) is 13.2. The van der Waals surface area contributed by atoms with Gasteiger partial charge in [-0.1, -0.05) is 29.8 Å². The second kappa shape index (κ2) is 9.89. The number of aliphatic hydroxyl groups is 1. The van der Waals surface area contributed by atoms with Crippen molar-refractivity contribution >= 4 is 58.5 Å². The predicted octanol–water partition coefficient (Wildman–Crippen LogP) is 2.84. The molecular formula is C29H24Cl2FN3O7. The smallest absolute Gasteiger partial charge is 0.328 e. The number of imide groups is 4. The normalized spacial score (nSPS) is 32.0. The second-order valence-corrected chi connectivity index (χ2v) is 12.0. The molecule has 4 aliphatic rings. The van der Waals surface area contributed by atoms with Crippen LogP contribution in [0.5, 0.6) is 5.75 Å². The number of amides is 6. The first kappa shape index (κ1) is 28.3. The van der Waals surface area contributed by atoms with Crippen LogP contribution in [0.4, 0.5) is 14.9 Å². The Morgan fingerprint density at radius 3 is 2.38 bits per heavy atom. The molecule has 6 rings (SSSR count). The number of hydrogen-bond acceptors (Lipinski definition) is 7. The summed E-state index contributed by atoms with van der Waals surface area (Å²) >= 11 is 14.6. The molecule has 3 fully saturated rings. The van der Waals surface area contributed by atoms with Crippen LogP contribution in [0.3, 0.4) is 0 Å². The molecule has 0 bridgehead atoms. The molecule has 42 heavy (non-hydrogen) atoms. The summed E-state index contributed by atoms with van der Waals surface area (Å²) in [4.78, 5) is 64.0. The van der Waals surface area contributed by atoms with Crippen molar-refractivity contribution in [2.24, 2.45) is 23.5 Å². The number of carbonyl (C=O) groups is 5. The van der Waals surface area contributed by atoms with Crippen molar-refractivity contribution in [3.8, 4) is 5.75 Å². The second-order valence-electron chi connectivity index (χ2n) is 10.7. The Labute approximate surface area is 248 Å². The number of halogens is 3. The van der Waals surface area contributed by atoms with Crippen LogP contribution in [-0.4, -0.2) is 62.6 Å². The van der Waals surface area contributed by atoms with E-state index in [2.05, 4.69) is 0 Å². The fourth-order valence-corrected chi connectivity index (χ4v) is 7.89. The van der Waals surface area contributed by atoms with E-state index in [1.165, 1.54) is 12.1 Å². The number of carbonyl (C=O) groups excluding carboxylic acids is 5. The lowest BCUT2D eigenvalue weighted by atomic mass is 9.56. The van der Waals surface area contributed by atoms with Crippen molar-refractivity contribution in [3.05, 3.63) is 71.6 Å². The van der Waals surface area contributed by atoms with Gasteiger partial charge in [-0.25, -0.2) is 14.1 Å². The Bertz CT molecular complexity index is 1580. The molecule has 2 aromatic carbocycles. The highest BCUT2D eigenvalue weighted by Gasteiger charge is 2.77. The van der Waals surface area contributed by atoms with Crippen LogP contribution in [0.1, 0.15) is 24.3 Å². The lowest BCUT2D eigenvalue weighted by Gasteiger charge is -2.50. The summed E-state index contributed by atoms with van der Waals surface area (Å²) in [6.07, 6.45) is 1.44. The van der Waals surface area contributed by atoms with Crippen LogP contribution in [-0.2, 0) is 19.2 Å². The molecule has 0 unspecified atom stereocenters. The van der Waals surface area contributed by atoms with Crippen molar-refractivity contribution in [2.45, 2.75) is 28.5 Å². The first-order chi connectivity index (χ1) is 20.0. The molecule has 2 aliphatic carbocycles. The van der Waals surface area contributed by atoms with E-state index >= 15 is 0 Å². The highest BCUT2D eigenvalue weighted by Crippen LogP contribution is 2.66. The number of primary amides is 1. The first-order valence-corrected chi connectivity index (χ1v) is 13.9. The fourth-order valence-electron chi connectivity index (χ4n) is 6.97. The van der Waals surface area contributed by atoms with Crippen LogP contribution >= 0.6 is 23.2 Å². The highest BCUT2D eigenvalue weighted by molar-refractivity contribution is 6.58. The average Bonchev–Trinajstić information content (AvgIpc) is 3.31. The molecule has 1 saturated carbocycles. The van der Waals surface area contributed by atoms with Crippen LogP contribution in [0, 0.1) is 23.6 Å². The van der Waals surface area contributed by atoms with Gasteiger partial charge in [-0.05, 0) is 49.1 Å². The number of fused-ring (bicyclic) bond motifs is 4. The van der Waals surface area contributed by atoms with E-state index in [1.54, 1.807) is 30.3 Å². The zero-order valence-corrected chi connectivity index (χ0v) is 23.3. The summed E-state index contributed by atoms with van der Waals surface area (Å²) < 4.78 is 19.5. The SMILES string of the molecule is NC(=O)N1C(=O)[C@H]2[C@H](CC=C3[C@H]2C[C@@]2(Cl)C(=O)N(c4ccc(F)cc4)C(=O)[C@@]2(Cl)[C@H]3c2ccccc2OCCO)C1=O. The number of likely N-dealkylation sites (tertiary alicyclic amines) is 1. The number of urea groups is 1. The molecule has 0 radical (unpaired) electrons. The molecule has 218 valence electrons. The number of ether oxygens (including phenoxy) is 1. The zero-order valence-electron chi connectivity index (χ0n) is 21.8. The summed E-state index contributed by atoms with van der Waals surface area (Å²) in [5, 5.41) is 9.41. The number of nitrogens with two attached hydrogens (primary N) is 1. The van der Waals surface area contributed by atoms with Crippen molar-refractivity contribution in [3.63, 3.8) is 0 Å². The quantitative estimate of drug-likeness (QED) is 0.298. The number of aliphatic hydroxyl groups excluding tert-OH is 1. The van der Waals surface area contributed by atoms with E-state index in [0.717, 1.165) is 17.0 Å². The number of rotatable bonds is 5. The minimum absolute atomic E-state index is 0.0475. The fraction of sp³-hybridized carbons (Fsp3) is 0.345. The van der Waals surface area contributed by atoms with Gasteiger partial charge in [-0.15, -0.1) is 23.2 Å². The van der Waals surface area contributed by atoms with Crippen molar-refractivity contribution in [1.82, 2.24) is 4.90 Å². The largest absolute Gasteiger partial charge is 0.491 e. The number of nitrogens with zero attached hydrogens (tertiary/aromatic N) is 2. The van der Waals surface area contributed by atoms with E-state index < -0.39 is 68.9 Å². The maximum absolute atomic E-state index is 14.3. The van der Waals surface area contributed by atoms with E-state index in [0.29, 0.717) is 16.0 Å². The molecule has 0 spiro atoms. The van der Waals surface area contributed by atoms with Crippen LogP contribution in [0.2, 0.25) is 0 Å². The molecule has 0 aromatic heterocycles. The van der Waals surface area contributed by atoms with E-state index in [1.807, 2.05) is 0 Å². The predicted molar refractivity (Wildman–Crippen MR) is 147 cm³/mol. The van der Waals surface area contributed by atoms with Gasteiger partial charge >= 0.3 is 6.03 Å².